The molecule has 1 aliphatic rings. The smallest absolute Gasteiger partial charge is 0.0107 e. The highest BCUT2D eigenvalue weighted by atomic mass is 15.1. The highest BCUT2D eigenvalue weighted by Crippen LogP contribution is 2.21. The summed E-state index contributed by atoms with van der Waals surface area (Å²) in [6, 6.07) is 1.61. The lowest BCUT2D eigenvalue weighted by molar-refractivity contribution is 0.240. The molecule has 1 aliphatic carbocycles. The lowest BCUT2D eigenvalue weighted by Crippen LogP contribution is -2.38. The number of hydrogen-bond donors (Lipinski definition) is 1. The van der Waals surface area contributed by atoms with Crippen LogP contribution in [0, 0.1) is 0 Å². The first-order valence-corrected chi connectivity index (χ1v) is 7.21. The quantitative estimate of drug-likeness (QED) is 0.684. The molecule has 0 amide bonds. The van der Waals surface area contributed by atoms with Crippen molar-refractivity contribution in [3.8, 4) is 0 Å². The molecule has 0 spiro atoms. The second kappa shape index (κ2) is 8.08. The topological polar surface area (TPSA) is 15.3 Å². The Morgan fingerprint density at radius 3 is 2.50 bits per heavy atom. The minimum absolute atomic E-state index is 0.738. The maximum atomic E-state index is 3.68. The van der Waals surface area contributed by atoms with Crippen molar-refractivity contribution in [3.63, 3.8) is 0 Å². The summed E-state index contributed by atoms with van der Waals surface area (Å²) in [4.78, 5) is 2.55. The van der Waals surface area contributed by atoms with Crippen LogP contribution in [0.5, 0.6) is 0 Å². The Morgan fingerprint density at radius 2 is 1.94 bits per heavy atom. The standard InChI is InChI=1S/C14H30N2/c1-4-8-13(5-2)15-11-12-16(3)14-9-6-7-10-14/h13-15H,4-12H2,1-3H3. The highest BCUT2D eigenvalue weighted by molar-refractivity contribution is 4.76. The molecule has 0 aromatic rings. The molecule has 0 aliphatic heterocycles. The van der Waals surface area contributed by atoms with E-state index in [0.29, 0.717) is 0 Å². The second-order valence-electron chi connectivity index (χ2n) is 5.27. The molecule has 2 heteroatoms. The number of likely N-dealkylation sites (N-methyl/N-ethyl adjacent to an activating group) is 1. The average Bonchev–Trinajstić information content (AvgIpc) is 2.81. The molecule has 0 bridgehead atoms. The molecule has 0 aromatic heterocycles. The van der Waals surface area contributed by atoms with Crippen molar-refractivity contribution in [2.45, 2.75) is 70.9 Å². The van der Waals surface area contributed by atoms with Crippen LogP contribution in [0.2, 0.25) is 0 Å². The van der Waals surface area contributed by atoms with Crippen LogP contribution in [-0.2, 0) is 0 Å². The molecule has 1 fully saturated rings. The van der Waals surface area contributed by atoms with Crippen molar-refractivity contribution in [2.24, 2.45) is 0 Å². The molecular formula is C14H30N2. The molecule has 96 valence electrons. The molecule has 0 saturated heterocycles. The molecule has 16 heavy (non-hydrogen) atoms. The number of nitrogens with one attached hydrogen (secondary N) is 1. The Kier molecular flexibility index (Phi) is 7.06. The van der Waals surface area contributed by atoms with Crippen molar-refractivity contribution in [1.82, 2.24) is 10.2 Å². The van der Waals surface area contributed by atoms with Crippen molar-refractivity contribution in [1.29, 1.82) is 0 Å². The van der Waals surface area contributed by atoms with Gasteiger partial charge in [0, 0.05) is 25.2 Å². The Balaban J connectivity index is 2.08. The average molecular weight is 226 g/mol. The molecule has 0 heterocycles. The van der Waals surface area contributed by atoms with Gasteiger partial charge < -0.3 is 10.2 Å². The fraction of sp³-hybridized carbons (Fsp3) is 1.00. The zero-order chi connectivity index (χ0) is 11.8. The SMILES string of the molecule is CCCC(CC)NCCN(C)C1CCCC1. The fourth-order valence-electron chi connectivity index (χ4n) is 2.77. The third-order valence-electron chi connectivity index (χ3n) is 3.98. The Hall–Kier alpha value is -0.0800. The van der Waals surface area contributed by atoms with Crippen LogP contribution in [0.15, 0.2) is 0 Å². The van der Waals surface area contributed by atoms with E-state index >= 15 is 0 Å². The highest BCUT2D eigenvalue weighted by Gasteiger charge is 2.18. The van der Waals surface area contributed by atoms with Crippen LogP contribution in [0.4, 0.5) is 0 Å². The minimum Gasteiger partial charge on any atom is -0.313 e. The Labute approximate surface area is 102 Å². The summed E-state index contributed by atoms with van der Waals surface area (Å²) in [5.41, 5.74) is 0. The van der Waals surface area contributed by atoms with E-state index in [1.54, 1.807) is 0 Å². The number of hydrogen-bond acceptors (Lipinski definition) is 2. The van der Waals surface area contributed by atoms with Gasteiger partial charge in [-0.3, -0.25) is 0 Å². The normalized spacial score (nSPS) is 19.5. The lowest BCUT2D eigenvalue weighted by Gasteiger charge is -2.25. The maximum Gasteiger partial charge on any atom is 0.0107 e. The summed E-state index contributed by atoms with van der Waals surface area (Å²) in [5, 5.41) is 3.68. The molecule has 1 saturated carbocycles. The van der Waals surface area contributed by atoms with Gasteiger partial charge in [-0.05, 0) is 32.7 Å². The zero-order valence-electron chi connectivity index (χ0n) is 11.5. The molecule has 1 N–H and O–H groups in total. The Morgan fingerprint density at radius 1 is 1.25 bits per heavy atom. The van der Waals surface area contributed by atoms with E-state index < -0.39 is 0 Å². The first kappa shape index (κ1) is 14.0. The first-order valence-electron chi connectivity index (χ1n) is 7.21. The van der Waals surface area contributed by atoms with Crippen LogP contribution >= 0.6 is 0 Å². The third-order valence-corrected chi connectivity index (χ3v) is 3.98. The number of nitrogens with zero attached hydrogens (tertiary/aromatic N) is 1. The summed E-state index contributed by atoms with van der Waals surface area (Å²) >= 11 is 0. The molecule has 1 atom stereocenters. The second-order valence-corrected chi connectivity index (χ2v) is 5.27. The van der Waals surface area contributed by atoms with Gasteiger partial charge in [-0.1, -0.05) is 33.1 Å². The van der Waals surface area contributed by atoms with E-state index in [-0.39, 0.29) is 0 Å². The van der Waals surface area contributed by atoms with Gasteiger partial charge in [0.25, 0.3) is 0 Å². The first-order chi connectivity index (χ1) is 7.77. The maximum absolute atomic E-state index is 3.68. The van der Waals surface area contributed by atoms with Crippen molar-refractivity contribution in [2.75, 3.05) is 20.1 Å². The Bertz CT molecular complexity index is 164. The van der Waals surface area contributed by atoms with Crippen molar-refractivity contribution in [3.05, 3.63) is 0 Å². The van der Waals surface area contributed by atoms with Crippen LogP contribution < -0.4 is 5.32 Å². The number of rotatable bonds is 8. The van der Waals surface area contributed by atoms with Crippen molar-refractivity contribution < 1.29 is 0 Å². The molecule has 1 rings (SSSR count). The van der Waals surface area contributed by atoms with E-state index in [1.807, 2.05) is 0 Å². The molecule has 2 nitrogen and oxygen atoms in total. The molecule has 1 unspecified atom stereocenters. The monoisotopic (exact) mass is 226 g/mol. The summed E-state index contributed by atoms with van der Waals surface area (Å²) in [6.45, 7) is 6.93. The van der Waals surface area contributed by atoms with E-state index in [2.05, 4.69) is 31.1 Å². The van der Waals surface area contributed by atoms with E-state index in [9.17, 15) is 0 Å². The lowest BCUT2D eigenvalue weighted by atomic mass is 10.1. The predicted octanol–water partition coefficient (Wildman–Crippen LogP) is 3.03. The van der Waals surface area contributed by atoms with Gasteiger partial charge in [-0.15, -0.1) is 0 Å². The van der Waals surface area contributed by atoms with Gasteiger partial charge in [0.2, 0.25) is 0 Å². The van der Waals surface area contributed by atoms with Gasteiger partial charge in [0.05, 0.1) is 0 Å². The van der Waals surface area contributed by atoms with Crippen LogP contribution in [0.1, 0.15) is 58.8 Å². The predicted molar refractivity (Wildman–Crippen MR) is 71.9 cm³/mol. The van der Waals surface area contributed by atoms with E-state index in [1.165, 1.54) is 51.5 Å². The fourth-order valence-corrected chi connectivity index (χ4v) is 2.77. The van der Waals surface area contributed by atoms with E-state index in [4.69, 9.17) is 0 Å². The van der Waals surface area contributed by atoms with Crippen LogP contribution in [0.3, 0.4) is 0 Å². The van der Waals surface area contributed by atoms with E-state index in [0.717, 1.165) is 18.6 Å². The van der Waals surface area contributed by atoms with Gasteiger partial charge in [-0.2, -0.15) is 0 Å². The summed E-state index contributed by atoms with van der Waals surface area (Å²) in [7, 11) is 2.29. The molecular weight excluding hydrogens is 196 g/mol. The van der Waals surface area contributed by atoms with Crippen molar-refractivity contribution >= 4 is 0 Å². The van der Waals surface area contributed by atoms with Gasteiger partial charge in [0.1, 0.15) is 0 Å². The third kappa shape index (κ3) is 4.84. The molecule has 0 radical (unpaired) electrons. The van der Waals surface area contributed by atoms with Crippen LogP contribution in [-0.4, -0.2) is 37.1 Å². The molecule has 0 aromatic carbocycles. The summed E-state index contributed by atoms with van der Waals surface area (Å²) in [6.07, 6.45) is 9.60. The van der Waals surface area contributed by atoms with Crippen LogP contribution in [0.25, 0.3) is 0 Å². The zero-order valence-corrected chi connectivity index (χ0v) is 11.5. The van der Waals surface area contributed by atoms with Gasteiger partial charge in [0.15, 0.2) is 0 Å². The largest absolute Gasteiger partial charge is 0.313 e. The van der Waals surface area contributed by atoms with Gasteiger partial charge >= 0.3 is 0 Å². The van der Waals surface area contributed by atoms with Gasteiger partial charge in [-0.25, -0.2) is 0 Å². The minimum atomic E-state index is 0.738. The summed E-state index contributed by atoms with van der Waals surface area (Å²) < 4.78 is 0. The summed E-state index contributed by atoms with van der Waals surface area (Å²) in [5.74, 6) is 0.